The minimum Gasteiger partial charge on any atom is -0.325 e. The number of nitrogens with one attached hydrogen (secondary N) is 1. The SMILES string of the molecule is CC(=O)N(CC(=O)Nc1ccc(C(F)(F)F)cc1)c1ccc(C(C)(C)C)cc1. The zero-order valence-electron chi connectivity index (χ0n) is 16.2. The molecule has 0 spiro atoms. The highest BCUT2D eigenvalue weighted by molar-refractivity contribution is 6.01. The molecule has 0 aliphatic rings. The van der Waals surface area contributed by atoms with Gasteiger partial charge in [-0.3, -0.25) is 9.59 Å². The molecule has 7 heteroatoms. The van der Waals surface area contributed by atoms with Gasteiger partial charge in [0.25, 0.3) is 0 Å². The summed E-state index contributed by atoms with van der Waals surface area (Å²) in [6.45, 7) is 7.32. The molecule has 28 heavy (non-hydrogen) atoms. The third-order valence-corrected chi connectivity index (χ3v) is 4.22. The smallest absolute Gasteiger partial charge is 0.325 e. The van der Waals surface area contributed by atoms with Crippen molar-refractivity contribution in [2.45, 2.75) is 39.3 Å². The van der Waals surface area contributed by atoms with Crippen LogP contribution in [0.2, 0.25) is 0 Å². The Hall–Kier alpha value is -2.83. The summed E-state index contributed by atoms with van der Waals surface area (Å²) < 4.78 is 37.8. The summed E-state index contributed by atoms with van der Waals surface area (Å²) in [5, 5.41) is 2.51. The first kappa shape index (κ1) is 21.5. The number of carbonyl (C=O) groups is 2. The molecule has 4 nitrogen and oxygen atoms in total. The van der Waals surface area contributed by atoms with Crippen molar-refractivity contribution in [2.24, 2.45) is 0 Å². The Morgan fingerprint density at radius 2 is 1.39 bits per heavy atom. The molecule has 2 aromatic rings. The number of amides is 2. The lowest BCUT2D eigenvalue weighted by Crippen LogP contribution is -2.36. The number of halogens is 3. The summed E-state index contributed by atoms with van der Waals surface area (Å²) in [6.07, 6.45) is -4.44. The molecule has 2 aromatic carbocycles. The van der Waals surface area contributed by atoms with Crippen LogP contribution in [-0.4, -0.2) is 18.4 Å². The Morgan fingerprint density at radius 1 is 0.893 bits per heavy atom. The minimum absolute atomic E-state index is 0.0421. The number of carbonyl (C=O) groups excluding carboxylic acids is 2. The van der Waals surface area contributed by atoms with Gasteiger partial charge in [0.05, 0.1) is 5.56 Å². The summed E-state index contributed by atoms with van der Waals surface area (Å²) in [4.78, 5) is 25.6. The van der Waals surface area contributed by atoms with Gasteiger partial charge in [-0.25, -0.2) is 0 Å². The topological polar surface area (TPSA) is 49.4 Å². The van der Waals surface area contributed by atoms with E-state index in [1.54, 1.807) is 12.1 Å². The van der Waals surface area contributed by atoms with Crippen LogP contribution in [0.15, 0.2) is 48.5 Å². The van der Waals surface area contributed by atoms with Gasteiger partial charge in [-0.2, -0.15) is 13.2 Å². The fraction of sp³-hybridized carbons (Fsp3) is 0.333. The number of nitrogens with zero attached hydrogens (tertiary/aromatic N) is 1. The van der Waals surface area contributed by atoms with Gasteiger partial charge in [-0.05, 0) is 47.4 Å². The molecule has 150 valence electrons. The van der Waals surface area contributed by atoms with Crippen LogP contribution < -0.4 is 10.2 Å². The molecule has 0 saturated heterocycles. The van der Waals surface area contributed by atoms with Crippen molar-refractivity contribution in [1.82, 2.24) is 0 Å². The highest BCUT2D eigenvalue weighted by Crippen LogP contribution is 2.30. The van der Waals surface area contributed by atoms with Crippen molar-refractivity contribution in [3.05, 3.63) is 59.7 Å². The van der Waals surface area contributed by atoms with Gasteiger partial charge in [0.15, 0.2) is 0 Å². The molecule has 0 aromatic heterocycles. The minimum atomic E-state index is -4.44. The number of benzene rings is 2. The van der Waals surface area contributed by atoms with Gasteiger partial charge in [0.1, 0.15) is 6.54 Å². The molecule has 0 radical (unpaired) electrons. The maximum atomic E-state index is 12.6. The van der Waals surface area contributed by atoms with Crippen molar-refractivity contribution < 1.29 is 22.8 Å². The van der Waals surface area contributed by atoms with Gasteiger partial charge in [0.2, 0.25) is 11.8 Å². The van der Waals surface area contributed by atoms with Crippen LogP contribution in [0.25, 0.3) is 0 Å². The predicted molar refractivity (Wildman–Crippen MR) is 103 cm³/mol. The first-order chi connectivity index (χ1) is 12.9. The number of rotatable bonds is 4. The fourth-order valence-electron chi connectivity index (χ4n) is 2.61. The third kappa shape index (κ3) is 5.58. The van der Waals surface area contributed by atoms with Gasteiger partial charge in [-0.1, -0.05) is 32.9 Å². The van der Waals surface area contributed by atoms with Crippen molar-refractivity contribution in [2.75, 3.05) is 16.8 Å². The molecule has 1 N–H and O–H groups in total. The highest BCUT2D eigenvalue weighted by Gasteiger charge is 2.30. The van der Waals surface area contributed by atoms with E-state index in [1.165, 1.54) is 24.0 Å². The summed E-state index contributed by atoms with van der Waals surface area (Å²) in [6, 6.07) is 11.5. The van der Waals surface area contributed by atoms with E-state index in [1.807, 2.05) is 12.1 Å². The largest absolute Gasteiger partial charge is 0.416 e. The molecule has 0 aliphatic carbocycles. The van der Waals surface area contributed by atoms with Crippen LogP contribution in [0.5, 0.6) is 0 Å². The lowest BCUT2D eigenvalue weighted by Gasteiger charge is -2.23. The standard InChI is InChI=1S/C21H23F3N2O2/c1-14(27)26(18-11-7-15(8-12-18)20(2,3)4)13-19(28)25-17-9-5-16(6-10-17)21(22,23)24/h5-12H,13H2,1-4H3,(H,25,28). The normalized spacial score (nSPS) is 11.8. The number of anilines is 2. The monoisotopic (exact) mass is 392 g/mol. The van der Waals surface area contributed by atoms with Crippen LogP contribution in [-0.2, 0) is 21.2 Å². The van der Waals surface area contributed by atoms with Crippen LogP contribution in [0, 0.1) is 0 Å². The van der Waals surface area contributed by atoms with Gasteiger partial charge >= 0.3 is 6.18 Å². The Labute approximate surface area is 162 Å². The average molecular weight is 392 g/mol. The molecule has 2 amide bonds. The van der Waals surface area contributed by atoms with E-state index in [-0.39, 0.29) is 23.6 Å². The van der Waals surface area contributed by atoms with Crippen LogP contribution >= 0.6 is 0 Å². The highest BCUT2D eigenvalue weighted by atomic mass is 19.4. The first-order valence-corrected chi connectivity index (χ1v) is 8.73. The van der Waals surface area contributed by atoms with E-state index in [0.29, 0.717) is 5.69 Å². The molecule has 0 bridgehead atoms. The van der Waals surface area contributed by atoms with Gasteiger partial charge < -0.3 is 10.2 Å². The Morgan fingerprint density at radius 3 is 1.82 bits per heavy atom. The van der Waals surface area contributed by atoms with E-state index in [0.717, 1.165) is 17.7 Å². The van der Waals surface area contributed by atoms with Crippen molar-refractivity contribution in [3.8, 4) is 0 Å². The van der Waals surface area contributed by atoms with Gasteiger partial charge in [0, 0.05) is 18.3 Å². The molecule has 0 atom stereocenters. The Balaban J connectivity index is 2.10. The third-order valence-electron chi connectivity index (χ3n) is 4.22. The zero-order valence-corrected chi connectivity index (χ0v) is 16.2. The maximum Gasteiger partial charge on any atom is 0.416 e. The van der Waals surface area contributed by atoms with Crippen LogP contribution in [0.1, 0.15) is 38.8 Å². The Bertz CT molecular complexity index is 836. The molecule has 2 rings (SSSR count). The quantitative estimate of drug-likeness (QED) is 0.797. The molecular formula is C21H23F3N2O2. The molecule has 0 unspecified atom stereocenters. The molecule has 0 heterocycles. The second kappa shape index (κ2) is 8.04. The second-order valence-corrected chi connectivity index (χ2v) is 7.53. The van der Waals surface area contributed by atoms with Crippen molar-refractivity contribution >= 4 is 23.2 Å². The number of hydrogen-bond acceptors (Lipinski definition) is 2. The molecule has 0 aliphatic heterocycles. The average Bonchev–Trinajstić information content (AvgIpc) is 2.58. The number of alkyl halides is 3. The molecule has 0 saturated carbocycles. The lowest BCUT2D eigenvalue weighted by molar-refractivity contribution is -0.137. The predicted octanol–water partition coefficient (Wildman–Crippen LogP) is 4.99. The molecular weight excluding hydrogens is 369 g/mol. The Kier molecular flexibility index (Phi) is 6.17. The summed E-state index contributed by atoms with van der Waals surface area (Å²) >= 11 is 0. The van der Waals surface area contributed by atoms with Crippen LogP contribution in [0.4, 0.5) is 24.5 Å². The maximum absolute atomic E-state index is 12.6. The first-order valence-electron chi connectivity index (χ1n) is 8.73. The van der Waals surface area contributed by atoms with Crippen LogP contribution in [0.3, 0.4) is 0 Å². The lowest BCUT2D eigenvalue weighted by atomic mass is 9.87. The van der Waals surface area contributed by atoms with Crippen molar-refractivity contribution in [1.29, 1.82) is 0 Å². The summed E-state index contributed by atoms with van der Waals surface area (Å²) in [5.74, 6) is -0.819. The van der Waals surface area contributed by atoms with E-state index in [9.17, 15) is 22.8 Å². The van der Waals surface area contributed by atoms with E-state index >= 15 is 0 Å². The van der Waals surface area contributed by atoms with E-state index in [4.69, 9.17) is 0 Å². The zero-order chi connectivity index (χ0) is 21.1. The molecule has 0 fully saturated rings. The van der Waals surface area contributed by atoms with Crippen molar-refractivity contribution in [3.63, 3.8) is 0 Å². The summed E-state index contributed by atoms with van der Waals surface area (Å²) in [7, 11) is 0. The van der Waals surface area contributed by atoms with Gasteiger partial charge in [-0.15, -0.1) is 0 Å². The number of hydrogen-bond donors (Lipinski definition) is 1. The van der Waals surface area contributed by atoms with E-state index in [2.05, 4.69) is 26.1 Å². The van der Waals surface area contributed by atoms with E-state index < -0.39 is 17.6 Å². The second-order valence-electron chi connectivity index (χ2n) is 7.53. The summed E-state index contributed by atoms with van der Waals surface area (Å²) in [5.41, 5.74) is 1.05. The fourth-order valence-corrected chi connectivity index (χ4v) is 2.61.